The van der Waals surface area contributed by atoms with E-state index in [0.29, 0.717) is 0 Å². The first kappa shape index (κ1) is 6.62. The van der Waals surface area contributed by atoms with E-state index in [1.54, 1.807) is 0 Å². The van der Waals surface area contributed by atoms with E-state index in [4.69, 9.17) is 0 Å². The molecule has 0 unspecified atom stereocenters. The number of hydrogen-bond acceptors (Lipinski definition) is 2. The maximum Gasteiger partial charge on any atom is 0.0679 e. The zero-order valence-electron chi connectivity index (χ0n) is 6.29. The van der Waals surface area contributed by atoms with E-state index >= 15 is 0 Å². The quantitative estimate of drug-likeness (QED) is 0.578. The molecule has 2 heteroatoms. The van der Waals surface area contributed by atoms with Gasteiger partial charge in [0.2, 0.25) is 0 Å². The van der Waals surface area contributed by atoms with E-state index in [1.165, 1.54) is 19.3 Å². The predicted octanol–water partition coefficient (Wildman–Crippen LogP) is 0.606. The molecule has 58 valence electrons. The van der Waals surface area contributed by atoms with Crippen molar-refractivity contribution in [1.82, 2.24) is 4.90 Å². The number of rotatable bonds is 1. The Balaban J connectivity index is 1.82. The minimum absolute atomic E-state index is 0.0272. The lowest BCUT2D eigenvalue weighted by atomic mass is 9.92. The summed E-state index contributed by atoms with van der Waals surface area (Å²) in [7, 11) is 0. The number of β-amino-alcohol motifs (C(OH)–C–C–N with tert-alkyl or cyclic N) is 1. The molecule has 0 aromatic rings. The summed E-state index contributed by atoms with van der Waals surface area (Å²) in [6, 6.07) is 0.831. The fourth-order valence-corrected chi connectivity index (χ4v) is 1.85. The Bertz CT molecular complexity index is 122. The zero-order valence-corrected chi connectivity index (χ0v) is 6.29. The van der Waals surface area contributed by atoms with Crippen molar-refractivity contribution in [3.05, 3.63) is 0 Å². The van der Waals surface area contributed by atoms with Crippen LogP contribution in [-0.2, 0) is 0 Å². The fourth-order valence-electron chi connectivity index (χ4n) is 1.85. The molecule has 1 N–H and O–H groups in total. The first-order chi connectivity index (χ1) is 4.86. The highest BCUT2D eigenvalue weighted by Crippen LogP contribution is 2.27. The molecule has 1 saturated carbocycles. The van der Waals surface area contributed by atoms with Crippen molar-refractivity contribution in [3.63, 3.8) is 0 Å². The lowest BCUT2D eigenvalue weighted by Crippen LogP contribution is -2.38. The molecule has 1 aliphatic carbocycles. The van der Waals surface area contributed by atoms with Crippen molar-refractivity contribution in [2.45, 2.75) is 37.8 Å². The second-order valence-corrected chi connectivity index (χ2v) is 3.52. The first-order valence-electron chi connectivity index (χ1n) is 4.28. The van der Waals surface area contributed by atoms with Gasteiger partial charge < -0.3 is 5.11 Å². The van der Waals surface area contributed by atoms with Gasteiger partial charge in [0.25, 0.3) is 0 Å². The molecule has 2 rings (SSSR count). The van der Waals surface area contributed by atoms with Crippen molar-refractivity contribution in [1.29, 1.82) is 0 Å². The van der Waals surface area contributed by atoms with Crippen LogP contribution in [0.2, 0.25) is 0 Å². The Morgan fingerprint density at radius 2 is 2.00 bits per heavy atom. The molecule has 1 heterocycles. The minimum atomic E-state index is -0.0272. The summed E-state index contributed by atoms with van der Waals surface area (Å²) in [5.41, 5.74) is 0. The predicted molar refractivity (Wildman–Crippen MR) is 39.8 cm³/mol. The van der Waals surface area contributed by atoms with Crippen LogP contribution >= 0.6 is 0 Å². The summed E-state index contributed by atoms with van der Waals surface area (Å²) in [5.74, 6) is 0. The Labute approximate surface area is 61.8 Å². The van der Waals surface area contributed by atoms with E-state index in [1.807, 2.05) is 0 Å². The lowest BCUT2D eigenvalue weighted by molar-refractivity contribution is 0.124. The molecule has 0 bridgehead atoms. The molecule has 0 amide bonds. The van der Waals surface area contributed by atoms with Gasteiger partial charge in [0, 0.05) is 19.1 Å². The van der Waals surface area contributed by atoms with Gasteiger partial charge in [0.1, 0.15) is 0 Å². The molecule has 0 radical (unpaired) electrons. The molecule has 0 spiro atoms. The van der Waals surface area contributed by atoms with E-state index < -0.39 is 0 Å². The third kappa shape index (κ3) is 1.06. The van der Waals surface area contributed by atoms with Crippen LogP contribution in [-0.4, -0.2) is 35.2 Å². The second-order valence-electron chi connectivity index (χ2n) is 3.52. The van der Waals surface area contributed by atoms with Gasteiger partial charge in [0.15, 0.2) is 0 Å². The van der Waals surface area contributed by atoms with Crippen molar-refractivity contribution >= 4 is 0 Å². The van der Waals surface area contributed by atoms with Crippen LogP contribution < -0.4 is 0 Å². The third-order valence-electron chi connectivity index (χ3n) is 2.79. The van der Waals surface area contributed by atoms with Crippen LogP contribution in [0.15, 0.2) is 0 Å². The summed E-state index contributed by atoms with van der Waals surface area (Å²) in [6.45, 7) is 2.07. The normalized spacial score (nSPS) is 36.3. The van der Waals surface area contributed by atoms with E-state index in [2.05, 4.69) is 4.90 Å². The number of nitrogens with zero attached hydrogens (tertiary/aromatic N) is 1. The summed E-state index contributed by atoms with van der Waals surface area (Å²) < 4.78 is 0. The van der Waals surface area contributed by atoms with E-state index in [9.17, 15) is 5.11 Å². The standard InChI is InChI=1S/C8H15NO/c10-8-4-5-9(6-8)7-2-1-3-7/h7-8,10H,1-6H2/t8-/m0/s1. The molecule has 0 aromatic heterocycles. The molecule has 1 saturated heterocycles. The first-order valence-corrected chi connectivity index (χ1v) is 4.28. The fraction of sp³-hybridized carbons (Fsp3) is 1.00. The molecule has 10 heavy (non-hydrogen) atoms. The molecular formula is C8H15NO. The summed E-state index contributed by atoms with van der Waals surface area (Å²) in [5, 5.41) is 9.23. The highest BCUT2D eigenvalue weighted by Gasteiger charge is 2.30. The highest BCUT2D eigenvalue weighted by molar-refractivity contribution is 4.85. The summed E-state index contributed by atoms with van der Waals surface area (Å²) >= 11 is 0. The molecule has 1 aliphatic heterocycles. The van der Waals surface area contributed by atoms with E-state index in [-0.39, 0.29) is 6.10 Å². The van der Waals surface area contributed by atoms with Gasteiger partial charge >= 0.3 is 0 Å². The van der Waals surface area contributed by atoms with Gasteiger partial charge in [-0.3, -0.25) is 4.90 Å². The van der Waals surface area contributed by atoms with Gasteiger partial charge in [-0.1, -0.05) is 6.42 Å². The number of hydrogen-bond donors (Lipinski definition) is 1. The Hall–Kier alpha value is -0.0800. The monoisotopic (exact) mass is 141 g/mol. The van der Waals surface area contributed by atoms with Crippen LogP contribution in [0.1, 0.15) is 25.7 Å². The number of likely N-dealkylation sites (tertiary alicyclic amines) is 1. The Morgan fingerprint density at radius 1 is 1.20 bits per heavy atom. The SMILES string of the molecule is O[C@H]1CCN(C2CCC2)C1. The number of aliphatic hydroxyl groups is 1. The van der Waals surface area contributed by atoms with Gasteiger partial charge in [-0.05, 0) is 19.3 Å². The molecule has 2 nitrogen and oxygen atoms in total. The van der Waals surface area contributed by atoms with Crippen LogP contribution in [0.4, 0.5) is 0 Å². The Morgan fingerprint density at radius 3 is 2.40 bits per heavy atom. The Kier molecular flexibility index (Phi) is 1.66. The lowest BCUT2D eigenvalue weighted by Gasteiger charge is -2.34. The molecular weight excluding hydrogens is 126 g/mol. The van der Waals surface area contributed by atoms with Gasteiger partial charge in [-0.25, -0.2) is 0 Å². The smallest absolute Gasteiger partial charge is 0.0679 e. The van der Waals surface area contributed by atoms with Gasteiger partial charge in [-0.15, -0.1) is 0 Å². The van der Waals surface area contributed by atoms with Crippen molar-refractivity contribution in [3.8, 4) is 0 Å². The van der Waals surface area contributed by atoms with Crippen molar-refractivity contribution < 1.29 is 5.11 Å². The molecule has 2 fully saturated rings. The largest absolute Gasteiger partial charge is 0.392 e. The molecule has 1 atom stereocenters. The van der Waals surface area contributed by atoms with E-state index in [0.717, 1.165) is 25.6 Å². The zero-order chi connectivity index (χ0) is 6.97. The van der Waals surface area contributed by atoms with Crippen molar-refractivity contribution in [2.24, 2.45) is 0 Å². The van der Waals surface area contributed by atoms with Crippen molar-refractivity contribution in [2.75, 3.05) is 13.1 Å². The maximum atomic E-state index is 9.23. The van der Waals surface area contributed by atoms with Gasteiger partial charge in [0.05, 0.1) is 6.10 Å². The number of aliphatic hydroxyl groups excluding tert-OH is 1. The van der Waals surface area contributed by atoms with Gasteiger partial charge in [-0.2, -0.15) is 0 Å². The average Bonchev–Trinajstić information content (AvgIpc) is 2.10. The summed E-state index contributed by atoms with van der Waals surface area (Å²) in [6.07, 6.45) is 5.10. The second kappa shape index (κ2) is 2.51. The third-order valence-corrected chi connectivity index (χ3v) is 2.79. The minimum Gasteiger partial charge on any atom is -0.392 e. The van der Waals surface area contributed by atoms with Crippen LogP contribution in [0.25, 0.3) is 0 Å². The maximum absolute atomic E-state index is 9.23. The molecule has 0 aromatic carbocycles. The van der Waals surface area contributed by atoms with Crippen LogP contribution in [0.3, 0.4) is 0 Å². The highest BCUT2D eigenvalue weighted by atomic mass is 16.3. The van der Waals surface area contributed by atoms with Crippen LogP contribution in [0, 0.1) is 0 Å². The average molecular weight is 141 g/mol. The summed E-state index contributed by atoms with van der Waals surface area (Å²) in [4.78, 5) is 2.44. The van der Waals surface area contributed by atoms with Crippen LogP contribution in [0.5, 0.6) is 0 Å². The molecule has 2 aliphatic rings. The topological polar surface area (TPSA) is 23.5 Å².